The van der Waals surface area contributed by atoms with Crippen LogP contribution in [0.4, 0.5) is 10.8 Å². The van der Waals surface area contributed by atoms with Crippen molar-refractivity contribution in [1.82, 2.24) is 10.2 Å². The van der Waals surface area contributed by atoms with Crippen LogP contribution in [0.25, 0.3) is 10.6 Å². The molecule has 1 saturated heterocycles. The van der Waals surface area contributed by atoms with Gasteiger partial charge < -0.3 is 10.2 Å². The second-order valence-electron chi connectivity index (χ2n) is 6.66. The van der Waals surface area contributed by atoms with Gasteiger partial charge in [-0.25, -0.2) is 0 Å². The predicted octanol–water partition coefficient (Wildman–Crippen LogP) is 3.76. The van der Waals surface area contributed by atoms with Gasteiger partial charge in [-0.05, 0) is 18.1 Å². The molecule has 3 aromatic rings. The predicted molar refractivity (Wildman–Crippen MR) is 110 cm³/mol. The molecule has 1 N–H and O–H groups in total. The van der Waals surface area contributed by atoms with E-state index in [1.807, 2.05) is 54.6 Å². The van der Waals surface area contributed by atoms with E-state index >= 15 is 0 Å². The standard InChI is InChI=1S/C21H20N4O2S/c1-2-14-8-6-7-11-17(14)25-13-16(12-18(25)26)19(27)22-21-24-23-20(28-21)15-9-4-3-5-10-15/h3-11,16H,2,12-13H2,1H3,(H,22,24,27). The maximum absolute atomic E-state index is 12.7. The molecule has 28 heavy (non-hydrogen) atoms. The molecule has 2 amide bonds. The molecule has 1 aromatic heterocycles. The topological polar surface area (TPSA) is 75.2 Å². The molecule has 1 fully saturated rings. The third-order valence-electron chi connectivity index (χ3n) is 4.84. The van der Waals surface area contributed by atoms with Crippen LogP contribution in [0.2, 0.25) is 0 Å². The van der Waals surface area contributed by atoms with E-state index in [0.29, 0.717) is 11.7 Å². The number of amides is 2. The van der Waals surface area contributed by atoms with Gasteiger partial charge in [-0.1, -0.05) is 66.8 Å². The van der Waals surface area contributed by atoms with Gasteiger partial charge in [0.05, 0.1) is 5.92 Å². The third kappa shape index (κ3) is 3.66. The minimum absolute atomic E-state index is 0.0247. The fourth-order valence-electron chi connectivity index (χ4n) is 3.37. The average Bonchev–Trinajstić information content (AvgIpc) is 3.35. The highest BCUT2D eigenvalue weighted by Crippen LogP contribution is 2.30. The fraction of sp³-hybridized carbons (Fsp3) is 0.238. The van der Waals surface area contributed by atoms with E-state index in [1.54, 1.807) is 4.90 Å². The smallest absolute Gasteiger partial charge is 0.231 e. The Balaban J connectivity index is 1.45. The molecule has 6 nitrogen and oxygen atoms in total. The van der Waals surface area contributed by atoms with Crippen molar-refractivity contribution in [2.45, 2.75) is 19.8 Å². The van der Waals surface area contributed by atoms with Crippen LogP contribution in [-0.2, 0) is 16.0 Å². The Bertz CT molecular complexity index is 1000. The summed E-state index contributed by atoms with van der Waals surface area (Å²) in [5.41, 5.74) is 2.96. The van der Waals surface area contributed by atoms with E-state index in [1.165, 1.54) is 11.3 Å². The maximum atomic E-state index is 12.7. The van der Waals surface area contributed by atoms with Crippen LogP contribution in [0, 0.1) is 5.92 Å². The molecule has 0 aliphatic carbocycles. The van der Waals surface area contributed by atoms with Crippen molar-refractivity contribution < 1.29 is 9.59 Å². The van der Waals surface area contributed by atoms with Crippen LogP contribution in [0.3, 0.4) is 0 Å². The van der Waals surface area contributed by atoms with Gasteiger partial charge in [-0.2, -0.15) is 0 Å². The van der Waals surface area contributed by atoms with Gasteiger partial charge in [0.25, 0.3) is 0 Å². The van der Waals surface area contributed by atoms with Crippen LogP contribution in [0.15, 0.2) is 54.6 Å². The molecule has 142 valence electrons. The summed E-state index contributed by atoms with van der Waals surface area (Å²) in [6.45, 7) is 2.44. The Morgan fingerprint density at radius 2 is 1.89 bits per heavy atom. The summed E-state index contributed by atoms with van der Waals surface area (Å²) in [7, 11) is 0. The molecule has 4 rings (SSSR count). The lowest BCUT2D eigenvalue weighted by molar-refractivity contribution is -0.122. The monoisotopic (exact) mass is 392 g/mol. The van der Waals surface area contributed by atoms with Crippen molar-refractivity contribution in [1.29, 1.82) is 0 Å². The summed E-state index contributed by atoms with van der Waals surface area (Å²) >= 11 is 1.32. The van der Waals surface area contributed by atoms with E-state index < -0.39 is 5.92 Å². The fourth-order valence-corrected chi connectivity index (χ4v) is 4.12. The summed E-state index contributed by atoms with van der Waals surface area (Å²) < 4.78 is 0. The summed E-state index contributed by atoms with van der Waals surface area (Å²) in [5, 5.41) is 12.2. The molecule has 1 atom stereocenters. The second kappa shape index (κ2) is 7.90. The van der Waals surface area contributed by atoms with Crippen molar-refractivity contribution in [3.8, 4) is 10.6 Å². The van der Waals surface area contributed by atoms with Crippen molar-refractivity contribution in [2.24, 2.45) is 5.92 Å². The third-order valence-corrected chi connectivity index (χ3v) is 5.72. The van der Waals surface area contributed by atoms with Crippen molar-refractivity contribution in [3.05, 3.63) is 60.2 Å². The number of carbonyl (C=O) groups is 2. The molecular weight excluding hydrogens is 372 g/mol. The largest absolute Gasteiger partial charge is 0.311 e. The molecule has 0 spiro atoms. The summed E-state index contributed by atoms with van der Waals surface area (Å²) in [6.07, 6.45) is 1.04. The summed E-state index contributed by atoms with van der Waals surface area (Å²) in [6, 6.07) is 17.5. The molecule has 1 aliphatic heterocycles. The zero-order valence-corrected chi connectivity index (χ0v) is 16.3. The number of hydrogen-bond donors (Lipinski definition) is 1. The first-order valence-corrected chi connectivity index (χ1v) is 10.1. The molecule has 0 radical (unpaired) electrons. The molecule has 1 aliphatic rings. The number of aryl methyl sites for hydroxylation is 1. The highest BCUT2D eigenvalue weighted by Gasteiger charge is 2.36. The van der Waals surface area contributed by atoms with Gasteiger partial charge in [0.1, 0.15) is 5.01 Å². The normalized spacial score (nSPS) is 16.4. The zero-order chi connectivity index (χ0) is 19.5. The summed E-state index contributed by atoms with van der Waals surface area (Å²) in [5.74, 6) is -0.620. The lowest BCUT2D eigenvalue weighted by Gasteiger charge is -2.19. The first kappa shape index (κ1) is 18.3. The molecule has 1 unspecified atom stereocenters. The lowest BCUT2D eigenvalue weighted by atomic mass is 10.1. The Kier molecular flexibility index (Phi) is 5.16. The molecule has 2 aromatic carbocycles. The number of para-hydroxylation sites is 1. The number of aromatic nitrogens is 2. The zero-order valence-electron chi connectivity index (χ0n) is 15.5. The minimum Gasteiger partial charge on any atom is -0.311 e. The number of carbonyl (C=O) groups excluding carboxylic acids is 2. The number of nitrogens with one attached hydrogen (secondary N) is 1. The lowest BCUT2D eigenvalue weighted by Crippen LogP contribution is -2.28. The van der Waals surface area contributed by atoms with E-state index in [4.69, 9.17) is 0 Å². The van der Waals surface area contributed by atoms with E-state index in [-0.39, 0.29) is 18.2 Å². The highest BCUT2D eigenvalue weighted by molar-refractivity contribution is 7.18. The van der Waals surface area contributed by atoms with Gasteiger partial charge in [0.15, 0.2) is 0 Å². The second-order valence-corrected chi connectivity index (χ2v) is 7.63. The Hall–Kier alpha value is -3.06. The number of rotatable bonds is 5. The van der Waals surface area contributed by atoms with Gasteiger partial charge in [-0.3, -0.25) is 9.59 Å². The quantitative estimate of drug-likeness (QED) is 0.717. The minimum atomic E-state index is -0.401. The maximum Gasteiger partial charge on any atom is 0.231 e. The van der Waals surface area contributed by atoms with E-state index in [2.05, 4.69) is 22.4 Å². The van der Waals surface area contributed by atoms with Gasteiger partial charge in [0.2, 0.25) is 16.9 Å². The number of nitrogens with zero attached hydrogens (tertiary/aromatic N) is 3. The Labute approximate surface area is 167 Å². The van der Waals surface area contributed by atoms with E-state index in [9.17, 15) is 9.59 Å². The van der Waals surface area contributed by atoms with Gasteiger partial charge in [-0.15, -0.1) is 10.2 Å². The van der Waals surface area contributed by atoms with Crippen LogP contribution >= 0.6 is 11.3 Å². The van der Waals surface area contributed by atoms with Crippen LogP contribution in [0.5, 0.6) is 0 Å². The first-order chi connectivity index (χ1) is 13.7. The number of anilines is 2. The molecule has 7 heteroatoms. The average molecular weight is 392 g/mol. The van der Waals surface area contributed by atoms with Crippen LogP contribution < -0.4 is 10.2 Å². The van der Waals surface area contributed by atoms with Crippen molar-refractivity contribution >= 4 is 34.0 Å². The first-order valence-electron chi connectivity index (χ1n) is 9.23. The SMILES string of the molecule is CCc1ccccc1N1CC(C(=O)Nc2nnc(-c3ccccc3)s2)CC1=O. The molecular formula is C21H20N4O2S. The van der Waals surface area contributed by atoms with Crippen LogP contribution in [-0.4, -0.2) is 28.6 Å². The van der Waals surface area contributed by atoms with Crippen LogP contribution in [0.1, 0.15) is 18.9 Å². The number of hydrogen-bond acceptors (Lipinski definition) is 5. The highest BCUT2D eigenvalue weighted by atomic mass is 32.1. The van der Waals surface area contributed by atoms with E-state index in [0.717, 1.165) is 28.2 Å². The molecule has 0 bridgehead atoms. The van der Waals surface area contributed by atoms with Crippen molar-refractivity contribution in [2.75, 3.05) is 16.8 Å². The van der Waals surface area contributed by atoms with Crippen molar-refractivity contribution in [3.63, 3.8) is 0 Å². The summed E-state index contributed by atoms with van der Waals surface area (Å²) in [4.78, 5) is 26.9. The molecule has 0 saturated carbocycles. The molecule has 2 heterocycles. The Morgan fingerprint density at radius 1 is 1.14 bits per heavy atom. The Morgan fingerprint density at radius 3 is 2.68 bits per heavy atom. The number of benzene rings is 2. The van der Waals surface area contributed by atoms with Gasteiger partial charge in [0, 0.05) is 24.2 Å². The van der Waals surface area contributed by atoms with Gasteiger partial charge >= 0.3 is 0 Å².